The third kappa shape index (κ3) is 9.73. The highest BCUT2D eigenvalue weighted by Crippen LogP contribution is 2.41. The fraction of sp³-hybridized carbons (Fsp3) is 0.346. The minimum absolute atomic E-state index is 0.113. The third-order valence-electron chi connectivity index (χ3n) is 12.0. The van der Waals surface area contributed by atoms with Gasteiger partial charge in [0, 0.05) is 36.3 Å². The van der Waals surface area contributed by atoms with Crippen LogP contribution in [-0.2, 0) is 19.2 Å². The summed E-state index contributed by atoms with van der Waals surface area (Å²) in [6.45, 7) is 12.3. The molecular formula is C52H56N6O4S2. The van der Waals surface area contributed by atoms with Gasteiger partial charge in [-0.05, 0) is 59.1 Å². The molecular weight excluding hydrogens is 837 g/mol. The van der Waals surface area contributed by atoms with Gasteiger partial charge in [-0.2, -0.15) is 0 Å². The summed E-state index contributed by atoms with van der Waals surface area (Å²) in [7, 11) is 0. The molecule has 2 aromatic heterocycles. The number of nitrogens with zero attached hydrogens (tertiary/aromatic N) is 4. The molecule has 0 bridgehead atoms. The average Bonchev–Trinajstić information content (AvgIpc) is 4.14. The Bertz CT molecular complexity index is 2410. The molecule has 2 aliphatic rings. The molecule has 8 rings (SSSR count). The molecule has 12 heteroatoms. The summed E-state index contributed by atoms with van der Waals surface area (Å²) < 4.78 is 0. The van der Waals surface area contributed by atoms with E-state index >= 15 is 0 Å². The molecule has 0 radical (unpaired) electrons. The molecule has 330 valence electrons. The van der Waals surface area contributed by atoms with Gasteiger partial charge in [0.2, 0.25) is 23.6 Å². The number of hydrogen-bond acceptors (Lipinski definition) is 8. The monoisotopic (exact) mass is 892 g/mol. The molecule has 6 aromatic rings. The zero-order valence-corrected chi connectivity index (χ0v) is 39.0. The predicted octanol–water partition coefficient (Wildman–Crippen LogP) is 10.7. The highest BCUT2D eigenvalue weighted by Gasteiger charge is 2.40. The lowest BCUT2D eigenvalue weighted by molar-refractivity contribution is -0.139. The molecule has 4 atom stereocenters. The van der Waals surface area contributed by atoms with E-state index in [9.17, 15) is 19.2 Å². The van der Waals surface area contributed by atoms with Gasteiger partial charge in [0.05, 0.1) is 21.8 Å². The number of thiazole rings is 2. The maximum Gasteiger partial charge on any atom is 0.250 e. The zero-order chi connectivity index (χ0) is 45.2. The largest absolute Gasteiger partial charge is 0.340 e. The van der Waals surface area contributed by atoms with Crippen LogP contribution in [0.15, 0.2) is 122 Å². The quantitative estimate of drug-likeness (QED) is 0.133. The summed E-state index contributed by atoms with van der Waals surface area (Å²) in [5.41, 5.74) is 4.55. The molecule has 4 heterocycles. The number of amides is 4. The first-order valence-corrected chi connectivity index (χ1v) is 23.7. The van der Waals surface area contributed by atoms with Gasteiger partial charge in [-0.25, -0.2) is 9.97 Å². The Labute approximate surface area is 384 Å². The van der Waals surface area contributed by atoms with E-state index in [1.54, 1.807) is 22.7 Å². The van der Waals surface area contributed by atoms with Crippen LogP contribution in [0.1, 0.15) is 113 Å². The molecule has 2 N–H and O–H groups in total. The highest BCUT2D eigenvalue weighted by molar-refractivity contribution is 7.15. The van der Waals surface area contributed by atoms with Crippen LogP contribution in [-0.4, -0.2) is 56.5 Å². The molecule has 2 fully saturated rings. The third-order valence-corrected chi connectivity index (χ3v) is 14.3. The van der Waals surface area contributed by atoms with Gasteiger partial charge in [-0.15, -0.1) is 22.7 Å². The number of hydrogen-bond donors (Lipinski definition) is 2. The van der Waals surface area contributed by atoms with Crippen LogP contribution in [0.25, 0.3) is 32.0 Å². The van der Waals surface area contributed by atoms with Crippen molar-refractivity contribution in [3.63, 3.8) is 0 Å². The van der Waals surface area contributed by atoms with Crippen LogP contribution in [0.5, 0.6) is 0 Å². The van der Waals surface area contributed by atoms with Gasteiger partial charge in [-0.1, -0.05) is 151 Å². The van der Waals surface area contributed by atoms with E-state index in [4.69, 9.17) is 9.97 Å². The Morgan fingerprint density at radius 2 is 0.875 bits per heavy atom. The van der Waals surface area contributed by atoms with Crippen molar-refractivity contribution < 1.29 is 19.2 Å². The summed E-state index contributed by atoms with van der Waals surface area (Å²) in [5, 5.41) is 7.88. The van der Waals surface area contributed by atoms with E-state index in [0.717, 1.165) is 78.8 Å². The molecule has 10 nitrogen and oxygen atoms in total. The topological polar surface area (TPSA) is 125 Å². The van der Waals surface area contributed by atoms with E-state index in [-0.39, 0.29) is 35.7 Å². The smallest absolute Gasteiger partial charge is 0.250 e. The molecule has 0 saturated carbocycles. The molecule has 4 amide bonds. The van der Waals surface area contributed by atoms with Crippen LogP contribution in [0.2, 0.25) is 0 Å². The van der Waals surface area contributed by atoms with Crippen molar-refractivity contribution in [1.29, 1.82) is 0 Å². The van der Waals surface area contributed by atoms with Gasteiger partial charge in [-0.3, -0.25) is 19.2 Å². The van der Waals surface area contributed by atoms with Crippen molar-refractivity contribution in [3.05, 3.63) is 143 Å². The molecule has 0 unspecified atom stereocenters. The van der Waals surface area contributed by atoms with Crippen molar-refractivity contribution in [2.45, 2.75) is 91.4 Å². The zero-order valence-electron chi connectivity index (χ0n) is 37.3. The number of rotatable bonds is 11. The number of carbonyl (C=O) groups is 4. The fourth-order valence-electron chi connectivity index (χ4n) is 8.27. The van der Waals surface area contributed by atoms with Crippen LogP contribution in [0.3, 0.4) is 0 Å². The Hall–Kier alpha value is -5.98. The van der Waals surface area contributed by atoms with Gasteiger partial charge < -0.3 is 20.4 Å². The number of nitrogens with one attached hydrogen (secondary N) is 2. The lowest BCUT2D eigenvalue weighted by Crippen LogP contribution is -2.45. The average molecular weight is 893 g/mol. The highest BCUT2D eigenvalue weighted by atomic mass is 32.1. The molecule has 4 aromatic carbocycles. The van der Waals surface area contributed by atoms with E-state index in [1.807, 2.05) is 124 Å². The first-order chi connectivity index (χ1) is 30.7. The van der Waals surface area contributed by atoms with Crippen LogP contribution >= 0.6 is 22.7 Å². The number of carbonyl (C=O) groups excluding carboxylic acids is 4. The van der Waals surface area contributed by atoms with E-state index in [1.165, 1.54) is 0 Å². The second-order valence-corrected chi connectivity index (χ2v) is 20.9. The Balaban J connectivity index is 0.931. The van der Waals surface area contributed by atoms with Crippen molar-refractivity contribution >= 4 is 46.3 Å². The standard InChI is InChI=1S/C52H56N6O4S2/c1-51(2,3)49(61)55-43(37-15-9-7-10-16-37)47(59)57-29-13-19-39(57)45-53-31-41(63-45)35-25-21-33(22-26-35)34-23-27-36(28-24-34)42-32-54-46(64-42)40-20-14-30-58(40)48(60)44(38-17-11-8-12-18-38)56-50(62)52(4,5)6/h7-12,15-18,21-28,31-32,39-40,43-44H,13-14,19-20,29-30H2,1-6H3,(H,55,61)(H,56,62)/t39-,40-,43+,44+/m0/s1. The fourth-order valence-corrected chi connectivity index (χ4v) is 10.4. The molecule has 0 spiro atoms. The van der Waals surface area contributed by atoms with Crippen molar-refractivity contribution in [2.75, 3.05) is 13.1 Å². The maximum absolute atomic E-state index is 14.2. The summed E-state index contributed by atoms with van der Waals surface area (Å²) in [6.07, 6.45) is 7.17. The lowest BCUT2D eigenvalue weighted by Gasteiger charge is -2.30. The molecule has 0 aliphatic carbocycles. The van der Waals surface area contributed by atoms with E-state index in [0.29, 0.717) is 13.1 Å². The first kappa shape index (κ1) is 44.6. The lowest BCUT2D eigenvalue weighted by atomic mass is 9.94. The Morgan fingerprint density at radius 3 is 1.22 bits per heavy atom. The Morgan fingerprint density at radius 1 is 0.531 bits per heavy atom. The number of aromatic nitrogens is 2. The second kappa shape index (κ2) is 18.6. The van der Waals surface area contributed by atoms with Gasteiger partial charge in [0.25, 0.3) is 0 Å². The number of benzene rings is 4. The first-order valence-electron chi connectivity index (χ1n) is 22.1. The van der Waals surface area contributed by atoms with Gasteiger partial charge in [0.1, 0.15) is 22.1 Å². The SMILES string of the molecule is CC(C)(C)C(=O)N[C@@H](C(=O)N1CCC[C@H]1c1ncc(-c2ccc(-c3ccc(-c4cnc([C@@H]5CCCN5C(=O)[C@H](NC(=O)C(C)(C)C)c5ccccc5)s4)cc3)cc2)s1)c1ccccc1. The summed E-state index contributed by atoms with van der Waals surface area (Å²) in [4.78, 5) is 70.2. The van der Waals surface area contributed by atoms with Gasteiger partial charge >= 0.3 is 0 Å². The van der Waals surface area contributed by atoms with E-state index in [2.05, 4.69) is 59.2 Å². The molecule has 2 saturated heterocycles. The predicted molar refractivity (Wildman–Crippen MR) is 255 cm³/mol. The normalized spacial score (nSPS) is 17.5. The second-order valence-electron chi connectivity index (χ2n) is 18.8. The summed E-state index contributed by atoms with van der Waals surface area (Å²) >= 11 is 3.22. The van der Waals surface area contributed by atoms with Crippen LogP contribution in [0.4, 0.5) is 0 Å². The van der Waals surface area contributed by atoms with Crippen molar-refractivity contribution in [1.82, 2.24) is 30.4 Å². The van der Waals surface area contributed by atoms with Crippen molar-refractivity contribution in [3.8, 4) is 32.0 Å². The maximum atomic E-state index is 14.2. The minimum Gasteiger partial charge on any atom is -0.340 e. The summed E-state index contributed by atoms with van der Waals surface area (Å²) in [5.74, 6) is -0.566. The Kier molecular flexibility index (Phi) is 13.0. The van der Waals surface area contributed by atoms with Crippen LogP contribution in [0, 0.1) is 10.8 Å². The van der Waals surface area contributed by atoms with E-state index < -0.39 is 22.9 Å². The minimum atomic E-state index is -0.774. The van der Waals surface area contributed by atoms with Crippen LogP contribution < -0.4 is 10.6 Å². The van der Waals surface area contributed by atoms with Crippen molar-refractivity contribution in [2.24, 2.45) is 10.8 Å². The molecule has 2 aliphatic heterocycles. The molecule has 64 heavy (non-hydrogen) atoms. The number of likely N-dealkylation sites (tertiary alicyclic amines) is 2. The summed E-state index contributed by atoms with van der Waals surface area (Å²) in [6, 6.07) is 34.1. The van der Waals surface area contributed by atoms with Gasteiger partial charge in [0.15, 0.2) is 0 Å².